The van der Waals surface area contributed by atoms with E-state index in [9.17, 15) is 14.7 Å². The van der Waals surface area contributed by atoms with E-state index in [1.165, 1.54) is 12.1 Å². The van der Waals surface area contributed by atoms with Crippen LogP contribution in [-0.2, 0) is 0 Å². The quantitative estimate of drug-likeness (QED) is 0.749. The molecule has 0 spiro atoms. The van der Waals surface area contributed by atoms with E-state index in [4.69, 9.17) is 14.6 Å². The summed E-state index contributed by atoms with van der Waals surface area (Å²) in [6.07, 6.45) is 0. The molecule has 0 aliphatic rings. The van der Waals surface area contributed by atoms with Gasteiger partial charge < -0.3 is 24.6 Å². The SMILES string of the molecule is CCOc1cc(C(=O)O)cc(OCCN(C)C)c1C(=O)O. The molecule has 2 N–H and O–H groups in total. The highest BCUT2D eigenvalue weighted by Crippen LogP contribution is 2.31. The molecular formula is C14H19NO6. The predicted octanol–water partition coefficient (Wildman–Crippen LogP) is 1.42. The summed E-state index contributed by atoms with van der Waals surface area (Å²) in [4.78, 5) is 24.3. The minimum atomic E-state index is -1.23. The lowest BCUT2D eigenvalue weighted by molar-refractivity contribution is 0.0672. The Labute approximate surface area is 122 Å². The molecule has 0 radical (unpaired) electrons. The van der Waals surface area contributed by atoms with Crippen LogP contribution < -0.4 is 9.47 Å². The molecule has 0 saturated heterocycles. The largest absolute Gasteiger partial charge is 0.493 e. The van der Waals surface area contributed by atoms with E-state index in [1.807, 2.05) is 19.0 Å². The van der Waals surface area contributed by atoms with Crippen molar-refractivity contribution >= 4 is 11.9 Å². The van der Waals surface area contributed by atoms with Gasteiger partial charge in [0.15, 0.2) is 0 Å². The Kier molecular flexibility index (Phi) is 5.98. The maximum absolute atomic E-state index is 11.4. The molecule has 0 amide bonds. The summed E-state index contributed by atoms with van der Waals surface area (Å²) < 4.78 is 10.6. The van der Waals surface area contributed by atoms with Crippen molar-refractivity contribution in [3.63, 3.8) is 0 Å². The van der Waals surface area contributed by atoms with Crippen LogP contribution in [0.5, 0.6) is 11.5 Å². The Morgan fingerprint density at radius 1 is 1.10 bits per heavy atom. The number of rotatable bonds is 8. The summed E-state index contributed by atoms with van der Waals surface area (Å²) in [5.74, 6) is -2.42. The summed E-state index contributed by atoms with van der Waals surface area (Å²) >= 11 is 0. The molecule has 1 aromatic rings. The van der Waals surface area contributed by atoms with Crippen LogP contribution in [-0.4, -0.2) is 60.9 Å². The number of aromatic carboxylic acids is 2. The van der Waals surface area contributed by atoms with Gasteiger partial charge in [0.05, 0.1) is 12.2 Å². The van der Waals surface area contributed by atoms with Gasteiger partial charge in [0.25, 0.3) is 0 Å². The average molecular weight is 297 g/mol. The lowest BCUT2D eigenvalue weighted by atomic mass is 10.1. The number of carboxylic acids is 2. The van der Waals surface area contributed by atoms with Gasteiger partial charge in [-0.1, -0.05) is 0 Å². The molecule has 21 heavy (non-hydrogen) atoms. The van der Waals surface area contributed by atoms with Gasteiger partial charge in [-0.25, -0.2) is 9.59 Å². The van der Waals surface area contributed by atoms with Crippen molar-refractivity contribution in [3.8, 4) is 11.5 Å². The van der Waals surface area contributed by atoms with Gasteiger partial charge in [0.1, 0.15) is 23.7 Å². The molecule has 7 nitrogen and oxygen atoms in total. The highest BCUT2D eigenvalue weighted by Gasteiger charge is 2.22. The van der Waals surface area contributed by atoms with E-state index < -0.39 is 11.9 Å². The maximum Gasteiger partial charge on any atom is 0.343 e. The molecule has 0 atom stereocenters. The van der Waals surface area contributed by atoms with Gasteiger partial charge in [0, 0.05) is 6.54 Å². The molecule has 0 aliphatic carbocycles. The zero-order chi connectivity index (χ0) is 16.0. The number of carboxylic acid groups (broad SMARTS) is 2. The van der Waals surface area contributed by atoms with Gasteiger partial charge in [0.2, 0.25) is 0 Å². The second-order valence-electron chi connectivity index (χ2n) is 4.54. The van der Waals surface area contributed by atoms with E-state index >= 15 is 0 Å². The molecule has 0 aromatic heterocycles. The van der Waals surface area contributed by atoms with E-state index in [-0.39, 0.29) is 35.8 Å². The monoisotopic (exact) mass is 297 g/mol. The molecule has 0 fully saturated rings. The van der Waals surface area contributed by atoms with Gasteiger partial charge in [-0.2, -0.15) is 0 Å². The fourth-order valence-electron chi connectivity index (χ4n) is 1.65. The van der Waals surface area contributed by atoms with Crippen molar-refractivity contribution in [2.24, 2.45) is 0 Å². The molecule has 0 heterocycles. The van der Waals surface area contributed by atoms with E-state index in [2.05, 4.69) is 0 Å². The highest BCUT2D eigenvalue weighted by molar-refractivity contribution is 5.97. The summed E-state index contributed by atoms with van der Waals surface area (Å²) in [6.45, 7) is 2.72. The Bertz CT molecular complexity index is 526. The van der Waals surface area contributed by atoms with Gasteiger partial charge in [-0.05, 0) is 33.2 Å². The summed E-state index contributed by atoms with van der Waals surface area (Å²) in [6, 6.07) is 2.39. The first-order valence-corrected chi connectivity index (χ1v) is 6.41. The van der Waals surface area contributed by atoms with Crippen LogP contribution in [0.3, 0.4) is 0 Å². The van der Waals surface area contributed by atoms with Crippen molar-refractivity contribution in [1.82, 2.24) is 4.90 Å². The number of carbonyl (C=O) groups is 2. The third-order valence-electron chi connectivity index (χ3n) is 2.62. The van der Waals surface area contributed by atoms with Crippen LogP contribution in [0.15, 0.2) is 12.1 Å². The molecule has 1 aromatic carbocycles. The molecule has 116 valence electrons. The number of nitrogens with zero attached hydrogens (tertiary/aromatic N) is 1. The Hall–Kier alpha value is -2.28. The topological polar surface area (TPSA) is 96.3 Å². The zero-order valence-electron chi connectivity index (χ0n) is 12.3. The lowest BCUT2D eigenvalue weighted by Crippen LogP contribution is -2.20. The molecule has 0 bridgehead atoms. The van der Waals surface area contributed by atoms with Gasteiger partial charge in [-0.15, -0.1) is 0 Å². The highest BCUT2D eigenvalue weighted by atomic mass is 16.5. The van der Waals surface area contributed by atoms with E-state index in [1.54, 1.807) is 6.92 Å². The van der Waals surface area contributed by atoms with Crippen LogP contribution in [0, 0.1) is 0 Å². The van der Waals surface area contributed by atoms with E-state index in [0.717, 1.165) is 0 Å². The lowest BCUT2D eigenvalue weighted by Gasteiger charge is -2.16. The maximum atomic E-state index is 11.4. The molecule has 0 unspecified atom stereocenters. The van der Waals surface area contributed by atoms with Gasteiger partial charge >= 0.3 is 11.9 Å². The van der Waals surface area contributed by atoms with Crippen LogP contribution in [0.25, 0.3) is 0 Å². The minimum Gasteiger partial charge on any atom is -0.493 e. The summed E-state index contributed by atoms with van der Waals surface area (Å²) in [5, 5.41) is 18.4. The normalized spacial score (nSPS) is 10.5. The van der Waals surface area contributed by atoms with Crippen molar-refractivity contribution in [2.75, 3.05) is 33.9 Å². The van der Waals surface area contributed by atoms with Gasteiger partial charge in [-0.3, -0.25) is 0 Å². The van der Waals surface area contributed by atoms with Crippen molar-refractivity contribution in [3.05, 3.63) is 23.3 Å². The first-order valence-electron chi connectivity index (χ1n) is 6.41. The average Bonchev–Trinajstić information content (AvgIpc) is 2.37. The first kappa shape index (κ1) is 16.8. The summed E-state index contributed by atoms with van der Waals surface area (Å²) in [5.41, 5.74) is -0.246. The number of hydrogen-bond donors (Lipinski definition) is 2. The predicted molar refractivity (Wildman–Crippen MR) is 75.6 cm³/mol. The molecule has 7 heteroatoms. The van der Waals surface area contributed by atoms with Crippen molar-refractivity contribution < 1.29 is 29.3 Å². The molecular weight excluding hydrogens is 278 g/mol. The van der Waals surface area contributed by atoms with Crippen LogP contribution >= 0.6 is 0 Å². The van der Waals surface area contributed by atoms with Crippen LogP contribution in [0.2, 0.25) is 0 Å². The van der Waals surface area contributed by atoms with E-state index in [0.29, 0.717) is 6.54 Å². The second-order valence-corrected chi connectivity index (χ2v) is 4.54. The van der Waals surface area contributed by atoms with Crippen molar-refractivity contribution in [2.45, 2.75) is 6.92 Å². The molecule has 0 aliphatic heterocycles. The fourth-order valence-corrected chi connectivity index (χ4v) is 1.65. The number of benzene rings is 1. The third kappa shape index (κ3) is 4.64. The zero-order valence-corrected chi connectivity index (χ0v) is 12.3. The molecule has 1 rings (SSSR count). The number of ether oxygens (including phenoxy) is 2. The Morgan fingerprint density at radius 2 is 1.67 bits per heavy atom. The standard InChI is InChI=1S/C14H19NO6/c1-4-20-10-7-9(13(16)17)8-11(12(10)14(18)19)21-6-5-15(2)3/h7-8H,4-6H2,1-3H3,(H,16,17)(H,18,19). The Balaban J connectivity index is 3.21. The van der Waals surface area contributed by atoms with Crippen LogP contribution in [0.1, 0.15) is 27.6 Å². The fraction of sp³-hybridized carbons (Fsp3) is 0.429. The van der Waals surface area contributed by atoms with Crippen molar-refractivity contribution in [1.29, 1.82) is 0 Å². The second kappa shape index (κ2) is 7.49. The Morgan fingerprint density at radius 3 is 2.10 bits per heavy atom. The van der Waals surface area contributed by atoms with Crippen LogP contribution in [0.4, 0.5) is 0 Å². The minimum absolute atomic E-state index is 0.00676. The first-order chi connectivity index (χ1) is 9.86. The third-order valence-corrected chi connectivity index (χ3v) is 2.62. The molecule has 0 saturated carbocycles. The number of hydrogen-bond acceptors (Lipinski definition) is 5. The summed E-state index contributed by atoms with van der Waals surface area (Å²) in [7, 11) is 3.70. The number of likely N-dealkylation sites (N-methyl/N-ethyl adjacent to an activating group) is 1. The smallest absolute Gasteiger partial charge is 0.343 e.